The lowest BCUT2D eigenvalue weighted by atomic mass is 10.0. The molecule has 0 aromatic heterocycles. The molecule has 3 aromatic rings. The molecule has 2 saturated heterocycles. The fourth-order valence-electron chi connectivity index (χ4n) is 5.61. The Morgan fingerprint density at radius 1 is 0.756 bits per heavy atom. The van der Waals surface area contributed by atoms with E-state index in [2.05, 4.69) is 9.98 Å². The molecule has 2 amide bonds. The third kappa shape index (κ3) is 4.51. The summed E-state index contributed by atoms with van der Waals surface area (Å²) >= 11 is 0. The van der Waals surface area contributed by atoms with Crippen LogP contribution in [0.4, 0.5) is 11.4 Å². The van der Waals surface area contributed by atoms with Gasteiger partial charge in [-0.25, -0.2) is 0 Å². The van der Waals surface area contributed by atoms with Crippen LogP contribution in [-0.4, -0.2) is 66.3 Å². The summed E-state index contributed by atoms with van der Waals surface area (Å²) in [4.78, 5) is 38.6. The predicted molar refractivity (Wildman–Crippen MR) is 154 cm³/mol. The van der Waals surface area contributed by atoms with Crippen molar-refractivity contribution in [2.75, 3.05) is 20.2 Å². The van der Waals surface area contributed by atoms with E-state index in [0.29, 0.717) is 53.0 Å². The fraction of sp³-hybridized carbons (Fsp3) is 0.312. The van der Waals surface area contributed by atoms with Crippen molar-refractivity contribution < 1.29 is 23.8 Å². The number of fused-ring (bicyclic) bond motifs is 4. The summed E-state index contributed by atoms with van der Waals surface area (Å²) in [6, 6.07) is 15.4. The summed E-state index contributed by atoms with van der Waals surface area (Å²) in [6.45, 7) is 4.13. The maximum absolute atomic E-state index is 12.9. The Labute approximate surface area is 238 Å². The first-order chi connectivity index (χ1) is 20.0. The average Bonchev–Trinajstić information content (AvgIpc) is 3.08. The number of amides is 2. The summed E-state index contributed by atoms with van der Waals surface area (Å²) in [7, 11) is 1.57. The molecule has 9 heteroatoms. The van der Waals surface area contributed by atoms with Crippen molar-refractivity contribution in [3.8, 4) is 17.2 Å². The first-order valence-corrected chi connectivity index (χ1v) is 13.9. The minimum absolute atomic E-state index is 0.0284. The second-order valence-corrected chi connectivity index (χ2v) is 10.8. The number of benzene rings is 3. The molecule has 9 nitrogen and oxygen atoms in total. The number of aliphatic imine (C=N–C) groups is 2. The zero-order chi connectivity index (χ0) is 28.1. The standard InChI is InChI=1S/C32H30N4O5/c1-19-10-24-26(33-15-22-6-8-35(22)31(24)37)13-28(19)40-17-20-4-3-5-21(11-20)18-41-30-14-27-25(12-29(30)39-2)32(38)36-9-7-23(36)16-34-27/h3-5,10-16,22-23H,6-9,17-18H2,1-2H3/t22-,23-/m0/s1. The van der Waals surface area contributed by atoms with Crippen molar-refractivity contribution in [3.63, 3.8) is 0 Å². The number of hydrogen-bond donors (Lipinski definition) is 0. The second kappa shape index (κ2) is 10.1. The molecule has 0 spiro atoms. The highest BCUT2D eigenvalue weighted by molar-refractivity contribution is 6.04. The summed E-state index contributed by atoms with van der Waals surface area (Å²) in [6.07, 6.45) is 5.59. The maximum atomic E-state index is 12.9. The van der Waals surface area contributed by atoms with Crippen LogP contribution in [0.1, 0.15) is 50.2 Å². The van der Waals surface area contributed by atoms with Crippen LogP contribution in [0.3, 0.4) is 0 Å². The van der Waals surface area contributed by atoms with Gasteiger partial charge in [0.25, 0.3) is 11.8 Å². The van der Waals surface area contributed by atoms with Crippen LogP contribution in [0.2, 0.25) is 0 Å². The zero-order valence-corrected chi connectivity index (χ0v) is 23.0. The van der Waals surface area contributed by atoms with Crippen LogP contribution in [0.25, 0.3) is 0 Å². The molecular formula is C32H30N4O5. The van der Waals surface area contributed by atoms with E-state index in [9.17, 15) is 9.59 Å². The van der Waals surface area contributed by atoms with Crippen molar-refractivity contribution in [2.45, 2.75) is 45.1 Å². The van der Waals surface area contributed by atoms with E-state index >= 15 is 0 Å². The highest BCUT2D eigenvalue weighted by Crippen LogP contribution is 2.39. The molecule has 0 aliphatic carbocycles. The van der Waals surface area contributed by atoms with E-state index in [4.69, 9.17) is 14.2 Å². The van der Waals surface area contributed by atoms with E-state index in [-0.39, 0.29) is 23.9 Å². The second-order valence-electron chi connectivity index (χ2n) is 10.8. The molecule has 41 heavy (non-hydrogen) atoms. The van der Waals surface area contributed by atoms with Crippen LogP contribution in [0.5, 0.6) is 17.2 Å². The number of nitrogens with zero attached hydrogens (tertiary/aromatic N) is 4. The highest BCUT2D eigenvalue weighted by Gasteiger charge is 2.36. The summed E-state index contributed by atoms with van der Waals surface area (Å²) < 4.78 is 17.9. The number of ether oxygens (including phenoxy) is 3. The van der Waals surface area contributed by atoms with E-state index in [1.807, 2.05) is 65.6 Å². The van der Waals surface area contributed by atoms with Gasteiger partial charge in [0.15, 0.2) is 11.5 Å². The molecular weight excluding hydrogens is 520 g/mol. The van der Waals surface area contributed by atoms with Crippen LogP contribution in [-0.2, 0) is 13.2 Å². The van der Waals surface area contributed by atoms with Gasteiger partial charge in [-0.2, -0.15) is 0 Å². The van der Waals surface area contributed by atoms with Gasteiger partial charge in [-0.3, -0.25) is 19.6 Å². The number of hydrogen-bond acceptors (Lipinski definition) is 7. The van der Waals surface area contributed by atoms with Crippen molar-refractivity contribution in [1.82, 2.24) is 9.80 Å². The third-order valence-electron chi connectivity index (χ3n) is 8.24. The minimum atomic E-state index is -0.0284. The molecule has 4 heterocycles. The van der Waals surface area contributed by atoms with Gasteiger partial charge >= 0.3 is 0 Å². The van der Waals surface area contributed by atoms with Crippen molar-refractivity contribution in [2.24, 2.45) is 9.98 Å². The first kappa shape index (κ1) is 25.3. The maximum Gasteiger partial charge on any atom is 0.256 e. The molecule has 4 aliphatic heterocycles. The van der Waals surface area contributed by atoms with Gasteiger partial charge in [-0.05, 0) is 54.7 Å². The zero-order valence-electron chi connectivity index (χ0n) is 23.0. The number of carbonyl (C=O) groups is 2. The topological polar surface area (TPSA) is 93.0 Å². The smallest absolute Gasteiger partial charge is 0.256 e. The van der Waals surface area contributed by atoms with Gasteiger partial charge in [0, 0.05) is 37.7 Å². The SMILES string of the molecule is COc1cc2c(cc1OCc1cccc(COc3cc4c(cc3C)C(=O)N3CC[C@H]3C=N4)c1)N=C[C@@H]1CCN1C2=O. The predicted octanol–water partition coefficient (Wildman–Crippen LogP) is 5.02. The van der Waals surface area contributed by atoms with Gasteiger partial charge in [-0.15, -0.1) is 0 Å². The lowest BCUT2D eigenvalue weighted by molar-refractivity contribution is 0.0583. The van der Waals surface area contributed by atoms with Gasteiger partial charge in [-0.1, -0.05) is 18.2 Å². The Morgan fingerprint density at radius 2 is 1.32 bits per heavy atom. The minimum Gasteiger partial charge on any atom is -0.493 e. The van der Waals surface area contributed by atoms with Gasteiger partial charge < -0.3 is 24.0 Å². The molecule has 3 aromatic carbocycles. The normalized spacial score (nSPS) is 20.0. The highest BCUT2D eigenvalue weighted by atomic mass is 16.5. The largest absolute Gasteiger partial charge is 0.493 e. The molecule has 208 valence electrons. The Morgan fingerprint density at radius 3 is 1.88 bits per heavy atom. The third-order valence-corrected chi connectivity index (χ3v) is 8.24. The average molecular weight is 551 g/mol. The number of rotatable bonds is 7. The fourth-order valence-corrected chi connectivity index (χ4v) is 5.61. The quantitative estimate of drug-likeness (QED) is 0.412. The molecule has 0 bridgehead atoms. The Bertz CT molecular complexity index is 1630. The molecule has 2 atom stereocenters. The summed E-state index contributed by atoms with van der Waals surface area (Å²) in [5, 5.41) is 0. The van der Waals surface area contributed by atoms with Crippen LogP contribution >= 0.6 is 0 Å². The Hall–Kier alpha value is -4.66. The van der Waals surface area contributed by atoms with E-state index in [1.165, 1.54) is 0 Å². The molecule has 2 fully saturated rings. The van der Waals surface area contributed by atoms with Gasteiger partial charge in [0.2, 0.25) is 0 Å². The molecule has 0 N–H and O–H groups in total. The van der Waals surface area contributed by atoms with E-state index in [0.717, 1.165) is 42.6 Å². The molecule has 4 aliphatic rings. The Balaban J connectivity index is 1.05. The molecule has 0 unspecified atom stereocenters. The number of methoxy groups -OCH3 is 1. The molecule has 7 rings (SSSR count). The van der Waals surface area contributed by atoms with Crippen LogP contribution in [0, 0.1) is 6.92 Å². The van der Waals surface area contributed by atoms with E-state index < -0.39 is 0 Å². The molecule has 0 radical (unpaired) electrons. The van der Waals surface area contributed by atoms with Crippen molar-refractivity contribution in [1.29, 1.82) is 0 Å². The van der Waals surface area contributed by atoms with Crippen molar-refractivity contribution >= 4 is 35.6 Å². The first-order valence-electron chi connectivity index (χ1n) is 13.9. The number of aryl methyl sites for hydroxylation is 1. The van der Waals surface area contributed by atoms with Crippen molar-refractivity contribution in [3.05, 3.63) is 76.3 Å². The van der Waals surface area contributed by atoms with Crippen LogP contribution < -0.4 is 14.2 Å². The Kier molecular flexibility index (Phi) is 6.22. The number of carbonyl (C=O) groups excluding carboxylic acids is 2. The summed E-state index contributed by atoms with van der Waals surface area (Å²) in [5.41, 5.74) is 5.24. The molecule has 0 saturated carbocycles. The van der Waals surface area contributed by atoms with Gasteiger partial charge in [0.1, 0.15) is 19.0 Å². The lowest BCUT2D eigenvalue weighted by Gasteiger charge is -2.37. The van der Waals surface area contributed by atoms with Crippen LogP contribution in [0.15, 0.2) is 58.5 Å². The summed E-state index contributed by atoms with van der Waals surface area (Å²) in [5.74, 6) is 1.73. The van der Waals surface area contributed by atoms with Gasteiger partial charge in [0.05, 0.1) is 41.7 Å². The monoisotopic (exact) mass is 550 g/mol. The lowest BCUT2D eigenvalue weighted by Crippen LogP contribution is -2.51. The van der Waals surface area contributed by atoms with E-state index in [1.54, 1.807) is 19.2 Å².